The molecule has 1 aliphatic rings. The third-order valence-corrected chi connectivity index (χ3v) is 4.78. The van der Waals surface area contributed by atoms with Crippen LogP contribution in [-0.2, 0) is 9.31 Å². The van der Waals surface area contributed by atoms with Crippen LogP contribution in [0.4, 0.5) is 0 Å². The molecule has 25 heavy (non-hydrogen) atoms. The van der Waals surface area contributed by atoms with Crippen LogP contribution in [0.2, 0.25) is 0 Å². The van der Waals surface area contributed by atoms with Crippen LogP contribution in [0, 0.1) is 6.92 Å². The van der Waals surface area contributed by atoms with Crippen molar-refractivity contribution in [3.8, 4) is 11.6 Å². The Bertz CT molecular complexity index is 788. The Morgan fingerprint density at radius 2 is 1.76 bits per heavy atom. The summed E-state index contributed by atoms with van der Waals surface area (Å²) < 4.78 is 17.8. The second-order valence-corrected chi connectivity index (χ2v) is 7.22. The lowest BCUT2D eigenvalue weighted by Gasteiger charge is -2.32. The van der Waals surface area contributed by atoms with Crippen LogP contribution in [0.25, 0.3) is 0 Å². The molecule has 1 fully saturated rings. The molecule has 1 aliphatic heterocycles. The highest BCUT2D eigenvalue weighted by atomic mass is 16.7. The Kier molecular flexibility index (Phi) is 4.43. The maximum absolute atomic E-state index is 11.6. The van der Waals surface area contributed by atoms with Gasteiger partial charge in [-0.2, -0.15) is 0 Å². The van der Waals surface area contributed by atoms with Gasteiger partial charge in [0, 0.05) is 17.3 Å². The van der Waals surface area contributed by atoms with Crippen LogP contribution in [0.1, 0.15) is 43.7 Å². The lowest BCUT2D eigenvalue weighted by Crippen LogP contribution is -2.41. The van der Waals surface area contributed by atoms with E-state index in [0.29, 0.717) is 22.7 Å². The maximum atomic E-state index is 11.6. The molecule has 2 aromatic rings. The number of rotatable bonds is 4. The van der Waals surface area contributed by atoms with Crippen LogP contribution in [0.5, 0.6) is 11.6 Å². The summed E-state index contributed by atoms with van der Waals surface area (Å²) in [4.78, 5) is 15.9. The average Bonchev–Trinajstić information content (AvgIpc) is 2.75. The number of ether oxygens (including phenoxy) is 1. The van der Waals surface area contributed by atoms with E-state index in [4.69, 9.17) is 14.0 Å². The lowest BCUT2D eigenvalue weighted by atomic mass is 9.76. The van der Waals surface area contributed by atoms with Crippen molar-refractivity contribution in [3.05, 3.63) is 47.7 Å². The van der Waals surface area contributed by atoms with Gasteiger partial charge >= 0.3 is 7.12 Å². The zero-order chi connectivity index (χ0) is 18.2. The first-order chi connectivity index (χ1) is 11.7. The molecule has 0 N–H and O–H groups in total. The van der Waals surface area contributed by atoms with Crippen LogP contribution in [0.3, 0.4) is 0 Å². The molecule has 130 valence electrons. The van der Waals surface area contributed by atoms with Crippen LogP contribution in [0.15, 0.2) is 36.4 Å². The second kappa shape index (κ2) is 6.28. The molecule has 0 bridgehead atoms. The van der Waals surface area contributed by atoms with Gasteiger partial charge in [-0.05, 0) is 58.3 Å². The maximum Gasteiger partial charge on any atom is 0.495 e. The topological polar surface area (TPSA) is 57.7 Å². The van der Waals surface area contributed by atoms with Crippen molar-refractivity contribution < 1.29 is 18.8 Å². The third-order valence-electron chi connectivity index (χ3n) is 4.78. The molecule has 1 aromatic heterocycles. The average molecular weight is 339 g/mol. The summed E-state index contributed by atoms with van der Waals surface area (Å²) in [5, 5.41) is 0. The predicted octanol–water partition coefficient (Wildman–Crippen LogP) is 3.29. The zero-order valence-electron chi connectivity index (χ0n) is 15.2. The Balaban J connectivity index is 1.87. The fraction of sp³-hybridized carbons (Fsp3) is 0.368. The van der Waals surface area contributed by atoms with E-state index < -0.39 is 18.3 Å². The number of nitrogens with zero attached hydrogens (tertiary/aromatic N) is 1. The van der Waals surface area contributed by atoms with E-state index >= 15 is 0 Å². The van der Waals surface area contributed by atoms with E-state index in [0.717, 1.165) is 12.0 Å². The van der Waals surface area contributed by atoms with Gasteiger partial charge in [-0.15, -0.1) is 0 Å². The first-order valence-electron chi connectivity index (χ1n) is 8.28. The van der Waals surface area contributed by atoms with Crippen LogP contribution in [-0.4, -0.2) is 29.6 Å². The quantitative estimate of drug-likeness (QED) is 0.632. The minimum Gasteiger partial charge on any atom is -0.439 e. The molecule has 2 heterocycles. The summed E-state index contributed by atoms with van der Waals surface area (Å²) in [5.74, 6) is 1.03. The summed E-state index contributed by atoms with van der Waals surface area (Å²) in [6.07, 6.45) is 0.789. The summed E-state index contributed by atoms with van der Waals surface area (Å²) >= 11 is 0. The Morgan fingerprint density at radius 3 is 2.36 bits per heavy atom. The largest absolute Gasteiger partial charge is 0.495 e. The highest BCUT2D eigenvalue weighted by Crippen LogP contribution is 2.36. The van der Waals surface area contributed by atoms with Gasteiger partial charge in [0.25, 0.3) is 0 Å². The summed E-state index contributed by atoms with van der Waals surface area (Å²) in [7, 11) is -0.587. The van der Waals surface area contributed by atoms with E-state index in [-0.39, 0.29) is 0 Å². The number of hydrogen-bond donors (Lipinski definition) is 0. The smallest absolute Gasteiger partial charge is 0.439 e. The number of aromatic nitrogens is 1. The minimum absolute atomic E-state index is 0.460. The first-order valence-corrected chi connectivity index (χ1v) is 8.28. The Labute approximate surface area is 148 Å². The van der Waals surface area contributed by atoms with E-state index in [1.807, 2.05) is 46.8 Å². The highest BCUT2D eigenvalue weighted by Gasteiger charge is 2.52. The molecule has 1 saturated heterocycles. The fourth-order valence-corrected chi connectivity index (χ4v) is 2.60. The van der Waals surface area contributed by atoms with Gasteiger partial charge in [0.15, 0.2) is 0 Å². The number of pyridine rings is 1. The van der Waals surface area contributed by atoms with E-state index in [1.165, 1.54) is 0 Å². The minimum atomic E-state index is -0.587. The van der Waals surface area contributed by atoms with Gasteiger partial charge in [-0.25, -0.2) is 4.98 Å². The molecule has 0 saturated carbocycles. The van der Waals surface area contributed by atoms with Gasteiger partial charge in [0.1, 0.15) is 12.0 Å². The van der Waals surface area contributed by atoms with Gasteiger partial charge in [0.2, 0.25) is 5.88 Å². The summed E-state index contributed by atoms with van der Waals surface area (Å²) in [5.41, 5.74) is 1.11. The summed E-state index contributed by atoms with van der Waals surface area (Å²) in [6, 6.07) is 10.8. The number of aryl methyl sites for hydroxylation is 1. The first kappa shape index (κ1) is 17.6. The van der Waals surface area contributed by atoms with Crippen molar-refractivity contribution in [2.45, 2.75) is 45.8 Å². The molecule has 0 spiro atoms. The number of aldehydes is 1. The monoisotopic (exact) mass is 339 g/mol. The van der Waals surface area contributed by atoms with Crippen molar-refractivity contribution in [2.75, 3.05) is 0 Å². The van der Waals surface area contributed by atoms with Gasteiger partial charge in [-0.1, -0.05) is 12.1 Å². The molecular weight excluding hydrogens is 317 g/mol. The number of carbonyl (C=O) groups excluding carboxylic acids is 1. The standard InChI is InChI=1S/C19H22BNO4/c1-13-7-6-8-17(21-13)23-15-9-10-16(14(11-15)12-22)20-24-18(2,3)19(4,5)25-20/h6-12H,1-5H3. The zero-order valence-corrected chi connectivity index (χ0v) is 15.2. The van der Waals surface area contributed by atoms with Crippen molar-refractivity contribution in [3.63, 3.8) is 0 Å². The van der Waals surface area contributed by atoms with Crippen molar-refractivity contribution >= 4 is 18.9 Å². The molecule has 6 heteroatoms. The van der Waals surface area contributed by atoms with Crippen LogP contribution < -0.4 is 10.2 Å². The SMILES string of the molecule is Cc1cccc(Oc2ccc(B3OC(C)(C)C(C)(C)O3)c(C=O)c2)n1. The van der Waals surface area contributed by atoms with Crippen molar-refractivity contribution in [1.82, 2.24) is 4.98 Å². The Hall–Kier alpha value is -2.18. The molecule has 0 amide bonds. The second-order valence-electron chi connectivity index (χ2n) is 7.22. The lowest BCUT2D eigenvalue weighted by molar-refractivity contribution is 0.00578. The Morgan fingerprint density at radius 1 is 1.08 bits per heavy atom. The van der Waals surface area contributed by atoms with E-state index in [9.17, 15) is 4.79 Å². The number of carbonyl (C=O) groups is 1. The van der Waals surface area contributed by atoms with Gasteiger partial charge in [-0.3, -0.25) is 4.79 Å². The van der Waals surface area contributed by atoms with Crippen LogP contribution >= 0.6 is 0 Å². The molecule has 1 aromatic carbocycles. The molecule has 0 aliphatic carbocycles. The normalized spacial score (nSPS) is 18.2. The molecule has 3 rings (SSSR count). The molecule has 0 atom stereocenters. The molecule has 0 unspecified atom stereocenters. The van der Waals surface area contributed by atoms with Gasteiger partial charge < -0.3 is 14.0 Å². The number of hydrogen-bond acceptors (Lipinski definition) is 5. The number of benzene rings is 1. The highest BCUT2D eigenvalue weighted by molar-refractivity contribution is 6.63. The molecule has 5 nitrogen and oxygen atoms in total. The van der Waals surface area contributed by atoms with Crippen molar-refractivity contribution in [1.29, 1.82) is 0 Å². The molecular formula is C19H22BNO4. The molecule has 0 radical (unpaired) electrons. The summed E-state index contributed by atoms with van der Waals surface area (Å²) in [6.45, 7) is 9.82. The fourth-order valence-electron chi connectivity index (χ4n) is 2.60. The third kappa shape index (κ3) is 3.46. The van der Waals surface area contributed by atoms with Crippen molar-refractivity contribution in [2.24, 2.45) is 0 Å². The predicted molar refractivity (Wildman–Crippen MR) is 96.6 cm³/mol. The van der Waals surface area contributed by atoms with E-state index in [1.54, 1.807) is 24.3 Å². The van der Waals surface area contributed by atoms with E-state index in [2.05, 4.69) is 4.98 Å². The van der Waals surface area contributed by atoms with Gasteiger partial charge in [0.05, 0.1) is 11.2 Å².